The molecule has 0 saturated carbocycles. The Hall–Kier alpha value is -11.5. The summed E-state index contributed by atoms with van der Waals surface area (Å²) in [5, 5.41) is 72.2. The average Bonchev–Trinajstić information content (AvgIpc) is 1.65. The number of benzene rings is 7. The number of hydrogen-bond donors (Lipinski definition) is 5. The van der Waals surface area contributed by atoms with Crippen molar-refractivity contribution >= 4 is 106 Å². The molecule has 1 heterocycles. The first kappa shape index (κ1) is 108. The van der Waals surface area contributed by atoms with Gasteiger partial charge in [-0.15, -0.1) is 23.2 Å². The molecule has 35 heteroatoms. The van der Waals surface area contributed by atoms with Crippen molar-refractivity contribution in [1.29, 1.82) is 0 Å². The van der Waals surface area contributed by atoms with E-state index >= 15 is 0 Å². The number of imide groups is 1. The summed E-state index contributed by atoms with van der Waals surface area (Å²) >= 11 is 9.53. The van der Waals surface area contributed by atoms with Crippen LogP contribution in [0.4, 0.5) is 48.2 Å². The van der Waals surface area contributed by atoms with E-state index in [1.165, 1.54) is 110 Å². The summed E-state index contributed by atoms with van der Waals surface area (Å²) in [6.45, 7) is 22.7. The number of para-hydroxylation sites is 2. The lowest BCUT2D eigenvalue weighted by Crippen LogP contribution is -2.40. The van der Waals surface area contributed by atoms with Crippen molar-refractivity contribution < 1.29 is 114 Å². The number of aryl methyl sites for hydroxylation is 2. The van der Waals surface area contributed by atoms with Crippen molar-refractivity contribution in [2.24, 2.45) is 21.7 Å². The second kappa shape index (κ2) is 47.0. The number of hydrogen-bond acceptors (Lipinski definition) is 21. The van der Waals surface area contributed by atoms with Crippen LogP contribution in [-0.4, -0.2) is 138 Å². The lowest BCUT2D eigenvalue weighted by Gasteiger charge is -2.34. The van der Waals surface area contributed by atoms with Crippen LogP contribution in [0.5, 0.6) is 28.7 Å². The molecule has 7 aromatic rings. The van der Waals surface area contributed by atoms with Crippen LogP contribution in [0.2, 0.25) is 0 Å². The molecule has 3 amide bonds. The number of allylic oxidation sites excluding steroid dienone is 6. The van der Waals surface area contributed by atoms with Crippen molar-refractivity contribution in [3.05, 3.63) is 248 Å². The highest BCUT2D eigenvalue weighted by Gasteiger charge is 2.48. The first-order chi connectivity index (χ1) is 61.4. The number of aliphatic hydroxyl groups excluding tert-OH is 2. The minimum atomic E-state index is -4.59. The minimum absolute atomic E-state index is 0.00776. The molecule has 5 aliphatic rings. The van der Waals surface area contributed by atoms with Crippen LogP contribution < -0.4 is 34.5 Å². The summed E-state index contributed by atoms with van der Waals surface area (Å²) in [6, 6.07) is 32.4. The Balaban J connectivity index is 0.000000263. The highest BCUT2D eigenvalue weighted by molar-refractivity contribution is 6.59. The van der Waals surface area contributed by atoms with Gasteiger partial charge in [0.05, 0.1) is 85.0 Å². The molecule has 1 saturated heterocycles. The normalized spacial score (nSPS) is 17.5. The van der Waals surface area contributed by atoms with Crippen LogP contribution in [0.25, 0.3) is 22.3 Å². The quantitative estimate of drug-likeness (QED) is 0.0111. The zero-order valence-corrected chi connectivity index (χ0v) is 78.1. The topological polar surface area (TPSA) is 366 Å². The van der Waals surface area contributed by atoms with Gasteiger partial charge < -0.3 is 54.0 Å². The van der Waals surface area contributed by atoms with E-state index in [0.29, 0.717) is 111 Å². The Bertz CT molecular complexity index is 5420. The van der Waals surface area contributed by atoms with Gasteiger partial charge in [0.25, 0.3) is 23.0 Å². The van der Waals surface area contributed by atoms with Gasteiger partial charge in [-0.3, -0.25) is 49.5 Å². The third-order valence-electron chi connectivity index (χ3n) is 23.0. The fraction of sp³-hybridized carbons (Fsp3) is 0.427. The van der Waals surface area contributed by atoms with Gasteiger partial charge in [0.15, 0.2) is 0 Å². The average molecular weight is 1870 g/mol. The van der Waals surface area contributed by atoms with Crippen LogP contribution >= 0.6 is 23.2 Å². The second-order valence-corrected chi connectivity index (χ2v) is 35.9. The summed E-state index contributed by atoms with van der Waals surface area (Å²) in [5.41, 5.74) is 6.95. The molecule has 0 spiro atoms. The highest BCUT2D eigenvalue weighted by atomic mass is 35.5. The number of carbonyl (C=O) groups excluding carboxylic acids is 5. The molecular weight excluding hydrogens is 1750 g/mol. The number of alkyl halides is 8. The van der Waals surface area contributed by atoms with Gasteiger partial charge >= 0.3 is 25.6 Å². The van der Waals surface area contributed by atoms with Gasteiger partial charge in [-0.1, -0.05) is 115 Å². The number of nitro benzene ring substituents is 3. The third-order valence-corrected chi connectivity index (χ3v) is 23.0. The Labute approximate surface area is 768 Å². The Kier molecular flexibility index (Phi) is 38.9. The number of nitro groups is 3. The molecule has 708 valence electrons. The maximum absolute atomic E-state index is 14.0. The number of aliphatic hydroxyl groups is 2. The van der Waals surface area contributed by atoms with E-state index in [1.807, 2.05) is 52.0 Å². The number of rotatable bonds is 21. The molecule has 1 fully saturated rings. The van der Waals surface area contributed by atoms with E-state index < -0.39 is 87.6 Å². The Morgan fingerprint density at radius 2 is 0.901 bits per heavy atom. The van der Waals surface area contributed by atoms with Crippen molar-refractivity contribution in [3.8, 4) is 28.7 Å². The van der Waals surface area contributed by atoms with Gasteiger partial charge in [-0.05, 0) is 226 Å². The number of non-ortho nitro benzene ring substituents is 3. The Morgan fingerprint density at radius 3 is 1.31 bits per heavy atom. The molecule has 4 aliphatic carbocycles. The van der Waals surface area contributed by atoms with E-state index in [4.69, 9.17) is 66.8 Å². The van der Waals surface area contributed by atoms with Crippen molar-refractivity contribution in [2.75, 3.05) is 48.0 Å². The number of ether oxygens (including phenoxy) is 6. The summed E-state index contributed by atoms with van der Waals surface area (Å²) in [5.74, 6) is 1.50. The maximum Gasteiger partial charge on any atom is 0.492 e. The largest absolute Gasteiger partial charge is 0.497 e. The van der Waals surface area contributed by atoms with E-state index in [9.17, 15) is 85.8 Å². The van der Waals surface area contributed by atoms with Gasteiger partial charge in [-0.25, -0.2) is 9.69 Å². The van der Waals surface area contributed by atoms with E-state index in [0.717, 1.165) is 115 Å². The first-order valence-electron chi connectivity index (χ1n) is 41.7. The van der Waals surface area contributed by atoms with Gasteiger partial charge in [-0.2, -0.15) is 26.3 Å². The number of nitrogens with one attached hydrogen (secondary N) is 1. The van der Waals surface area contributed by atoms with Crippen LogP contribution in [0.1, 0.15) is 214 Å². The number of cyclic esters (lactones) is 1. The number of aldehydes is 2. The zero-order chi connectivity index (χ0) is 98.3. The predicted molar refractivity (Wildman–Crippen MR) is 490 cm³/mol. The number of carbonyl (C=O) groups is 5. The smallest absolute Gasteiger partial charge is 0.492 e. The number of nitrogens with zero attached hydrogens (tertiary/aromatic N) is 4. The molecule has 131 heavy (non-hydrogen) atoms. The number of halogens is 8. The van der Waals surface area contributed by atoms with Gasteiger partial charge in [0.1, 0.15) is 47.4 Å². The van der Waals surface area contributed by atoms with E-state index in [2.05, 4.69) is 33.0 Å². The van der Waals surface area contributed by atoms with E-state index in [-0.39, 0.29) is 67.2 Å². The monoisotopic (exact) mass is 1870 g/mol. The summed E-state index contributed by atoms with van der Waals surface area (Å²) in [4.78, 5) is 96.5. The molecule has 0 unspecified atom stereocenters. The van der Waals surface area contributed by atoms with Crippen molar-refractivity contribution in [2.45, 2.75) is 197 Å². The molecule has 0 aromatic heterocycles. The molecule has 4 atom stereocenters. The fourth-order valence-electron chi connectivity index (χ4n) is 16.3. The number of amides is 3. The van der Waals surface area contributed by atoms with Gasteiger partial charge in [0.2, 0.25) is 5.91 Å². The minimum Gasteiger partial charge on any atom is -0.497 e. The molecular formula is C96H114BCl2F6N5O21. The predicted octanol–water partition coefficient (Wildman–Crippen LogP) is 21.2. The molecule has 12 rings (SSSR count). The van der Waals surface area contributed by atoms with Crippen molar-refractivity contribution in [1.82, 2.24) is 10.2 Å². The molecule has 26 nitrogen and oxygen atoms in total. The van der Waals surface area contributed by atoms with Gasteiger partial charge in [0, 0.05) is 82.4 Å². The standard InChI is InChI=1S/C28H29F3N2O6.C27H31F3N2O5.C16H19NO4.C16H20O2.C7H9BO3.CH2Cl2.CH4O/c1-15-10-17(12-18(11-15)28(29,30)31)24-16(2)32(26(35)39-24)25(34)22-14-27(3,4)9-8-20(22)21-13-19(33(36)37)6-7-23(21)38-5;1-15-10-17(12-18(11-15)27(28,29)30)24(33)16(2)31-25(34)22-14-26(3,4)9-8-20(22)21-13-19(32(35)36)6-7-23(21)37-5;1-16(2)7-6-13(11(9-16)10-18)14-8-12(17(19)20)4-5-15(14)21-3;1-16(2)9-8-13(12(10-16)11-17)14-6-4-5-7-15(14)18-3;1-11-7-5-3-2-4-6(7)8(9)10;2-1-3;1-2/h6-7,10-13,16,24H,8-9,14H2,1-5H3;6-7,10-13,16,24,33H,8-9,14H2,1-5H3,(H,31,34);4-5,8,10H,6-7,9H2,1-3H3;4-7,11H,8-10H2,1-3H3;2-5,9-10H,1H3;1H2;2H,1H3/t2*16-,24-;;;;;/m00...../s1. The lowest BCUT2D eigenvalue weighted by molar-refractivity contribution is -0.385. The van der Waals surface area contributed by atoms with Crippen molar-refractivity contribution in [3.63, 3.8) is 0 Å². The Morgan fingerprint density at radius 1 is 0.542 bits per heavy atom. The molecule has 0 radical (unpaired) electrons. The summed E-state index contributed by atoms with van der Waals surface area (Å²) < 4.78 is 112. The van der Waals surface area contributed by atoms with Crippen LogP contribution in [0, 0.1) is 65.9 Å². The van der Waals surface area contributed by atoms with Crippen LogP contribution in [0.15, 0.2) is 162 Å². The molecule has 7 aromatic carbocycles. The first-order valence-corrected chi connectivity index (χ1v) is 42.8. The SMILES string of the molecule is CO.COc1ccc([N+](=O)[O-])cc1C1=C(C(=O)N2C(=O)O[C@H](c3cc(C)cc(C(F)(F)F)c3)[C@@H]2C)CC(C)(C)CC1.COc1ccc([N+](=O)[O-])cc1C1=C(C(=O)N[C@@H](C)[C@H](O)c2cc(C)cc(C(F)(F)F)c2)CC(C)(C)CC1.COc1ccc([N+](=O)[O-])cc1C1=C(C=O)CC(C)(C)CC1.COc1ccccc1B(O)O.COc1ccccc1C1=C(C=O)CC(C)(C)CC1.ClCCl. The third kappa shape index (κ3) is 29.0. The maximum atomic E-state index is 14.0. The van der Waals surface area contributed by atoms with Crippen LogP contribution in [0.3, 0.4) is 0 Å². The zero-order valence-electron chi connectivity index (χ0n) is 76.6. The van der Waals surface area contributed by atoms with Crippen LogP contribution in [-0.2, 0) is 36.3 Å². The second-order valence-electron chi connectivity index (χ2n) is 35.1. The van der Waals surface area contributed by atoms with E-state index in [1.54, 1.807) is 44.4 Å². The number of methoxy groups -OCH3 is 5. The summed E-state index contributed by atoms with van der Waals surface area (Å²) in [7, 11) is 7.08. The fourth-order valence-corrected chi connectivity index (χ4v) is 16.3. The molecule has 0 bridgehead atoms. The molecule has 5 N–H and O–H groups in total. The summed E-state index contributed by atoms with van der Waals surface area (Å²) in [6.07, 6.45) is -2.57. The lowest BCUT2D eigenvalue weighted by atomic mass is 9.72. The highest BCUT2D eigenvalue weighted by Crippen LogP contribution is 2.51. The molecule has 1 aliphatic heterocycles.